The van der Waals surface area contributed by atoms with Gasteiger partial charge in [0.05, 0.1) is 12.1 Å². The Hall–Kier alpha value is -1.66. The molecule has 120 valence electrons. The van der Waals surface area contributed by atoms with E-state index < -0.39 is 0 Å². The zero-order chi connectivity index (χ0) is 16.2. The van der Waals surface area contributed by atoms with E-state index in [4.69, 9.17) is 0 Å². The molecular formula is C17H17FN2OS2. The minimum Gasteiger partial charge on any atom is -0.282 e. The lowest BCUT2D eigenvalue weighted by molar-refractivity contribution is 0.579. The molecule has 3 nitrogen and oxygen atoms in total. The van der Waals surface area contributed by atoms with Crippen molar-refractivity contribution in [1.82, 2.24) is 9.55 Å². The molecule has 0 bridgehead atoms. The Bertz CT molecular complexity index is 872. The summed E-state index contributed by atoms with van der Waals surface area (Å²) in [5.41, 5.74) is 1.14. The van der Waals surface area contributed by atoms with Gasteiger partial charge >= 0.3 is 0 Å². The summed E-state index contributed by atoms with van der Waals surface area (Å²) >= 11 is 2.94. The summed E-state index contributed by atoms with van der Waals surface area (Å²) in [5.74, 6) is 0.603. The molecule has 0 amide bonds. The van der Waals surface area contributed by atoms with Gasteiger partial charge in [0.25, 0.3) is 5.56 Å². The first-order valence-electron chi connectivity index (χ1n) is 7.55. The van der Waals surface area contributed by atoms with E-state index in [1.54, 1.807) is 34.5 Å². The monoisotopic (exact) mass is 348 g/mol. The second-order valence-corrected chi connectivity index (χ2v) is 7.19. The second kappa shape index (κ2) is 7.27. The van der Waals surface area contributed by atoms with E-state index in [0.717, 1.165) is 24.1 Å². The molecular weight excluding hydrogens is 331 g/mol. The molecule has 0 aliphatic heterocycles. The largest absolute Gasteiger partial charge is 0.282 e. The molecule has 0 atom stereocenters. The Labute approximate surface area is 142 Å². The molecule has 23 heavy (non-hydrogen) atoms. The normalized spacial score (nSPS) is 11.2. The van der Waals surface area contributed by atoms with Crippen LogP contribution in [0.15, 0.2) is 45.7 Å². The number of hydrogen-bond donors (Lipinski definition) is 0. The number of benzene rings is 1. The Morgan fingerprint density at radius 1 is 1.30 bits per heavy atom. The maximum Gasteiger partial charge on any atom is 0.272 e. The van der Waals surface area contributed by atoms with Gasteiger partial charge in [0, 0.05) is 11.3 Å². The fraction of sp³-hybridized carbons (Fsp3) is 0.294. The third-order valence-electron chi connectivity index (χ3n) is 3.55. The van der Waals surface area contributed by atoms with Gasteiger partial charge < -0.3 is 0 Å². The van der Waals surface area contributed by atoms with E-state index in [1.165, 1.54) is 17.4 Å². The Morgan fingerprint density at radius 2 is 2.13 bits per heavy atom. The highest BCUT2D eigenvalue weighted by Gasteiger charge is 2.14. The molecule has 0 radical (unpaired) electrons. The highest BCUT2D eigenvalue weighted by molar-refractivity contribution is 7.99. The number of hydrogen-bond acceptors (Lipinski definition) is 4. The molecule has 3 aromatic rings. The van der Waals surface area contributed by atoms with Crippen LogP contribution in [0.25, 0.3) is 10.2 Å². The average Bonchev–Trinajstić information content (AvgIpc) is 3.01. The fourth-order valence-corrected chi connectivity index (χ4v) is 4.14. The number of aromatic nitrogens is 2. The van der Waals surface area contributed by atoms with Crippen LogP contribution >= 0.6 is 23.1 Å². The van der Waals surface area contributed by atoms with Gasteiger partial charge in [0.1, 0.15) is 10.5 Å². The zero-order valence-electron chi connectivity index (χ0n) is 12.8. The van der Waals surface area contributed by atoms with Crippen LogP contribution in [-0.2, 0) is 6.54 Å². The van der Waals surface area contributed by atoms with Crippen molar-refractivity contribution >= 4 is 33.3 Å². The standard InChI is InChI=1S/C17H17FN2OS2/c1-2-3-9-23-17-19-14-8-10-22-15(14)16(21)20(17)11-12-6-4-5-7-13(12)18/h4-8,10H,2-3,9,11H2,1H3. The van der Waals surface area contributed by atoms with E-state index in [2.05, 4.69) is 11.9 Å². The lowest BCUT2D eigenvalue weighted by atomic mass is 10.2. The lowest BCUT2D eigenvalue weighted by Crippen LogP contribution is -2.23. The number of thiophene rings is 1. The molecule has 2 aromatic heterocycles. The SMILES string of the molecule is CCCCSc1nc2ccsc2c(=O)n1Cc1ccccc1F. The van der Waals surface area contributed by atoms with Gasteiger partial charge in [-0.25, -0.2) is 9.37 Å². The Morgan fingerprint density at radius 3 is 2.91 bits per heavy atom. The van der Waals surface area contributed by atoms with Crippen LogP contribution in [0.3, 0.4) is 0 Å². The van der Waals surface area contributed by atoms with E-state index in [-0.39, 0.29) is 17.9 Å². The summed E-state index contributed by atoms with van der Waals surface area (Å²) in [6.45, 7) is 2.34. The van der Waals surface area contributed by atoms with Crippen LogP contribution in [-0.4, -0.2) is 15.3 Å². The van der Waals surface area contributed by atoms with Crippen molar-refractivity contribution in [2.24, 2.45) is 0 Å². The van der Waals surface area contributed by atoms with Gasteiger partial charge in [0.15, 0.2) is 5.16 Å². The van der Waals surface area contributed by atoms with E-state index in [1.807, 2.05) is 11.4 Å². The van der Waals surface area contributed by atoms with Crippen molar-refractivity contribution in [3.8, 4) is 0 Å². The third kappa shape index (κ3) is 3.48. The molecule has 1 aromatic carbocycles. The van der Waals surface area contributed by atoms with E-state index >= 15 is 0 Å². The molecule has 3 rings (SSSR count). The minimum atomic E-state index is -0.296. The highest BCUT2D eigenvalue weighted by atomic mass is 32.2. The van der Waals surface area contributed by atoms with Crippen LogP contribution in [0.1, 0.15) is 25.3 Å². The van der Waals surface area contributed by atoms with Crippen LogP contribution in [0.2, 0.25) is 0 Å². The smallest absolute Gasteiger partial charge is 0.272 e. The molecule has 0 N–H and O–H groups in total. The van der Waals surface area contributed by atoms with Crippen LogP contribution < -0.4 is 5.56 Å². The summed E-state index contributed by atoms with van der Waals surface area (Å²) in [6.07, 6.45) is 2.15. The molecule has 0 saturated heterocycles. The first-order chi connectivity index (χ1) is 11.2. The molecule has 0 fully saturated rings. The second-order valence-electron chi connectivity index (χ2n) is 5.21. The van der Waals surface area contributed by atoms with Crippen molar-refractivity contribution in [2.75, 3.05) is 5.75 Å². The maximum atomic E-state index is 14.0. The van der Waals surface area contributed by atoms with Crippen molar-refractivity contribution in [3.05, 3.63) is 57.4 Å². The minimum absolute atomic E-state index is 0.0905. The van der Waals surface area contributed by atoms with Gasteiger partial charge in [-0.15, -0.1) is 11.3 Å². The summed E-state index contributed by atoms with van der Waals surface area (Å²) < 4.78 is 16.2. The van der Waals surface area contributed by atoms with Gasteiger partial charge in [0.2, 0.25) is 0 Å². The molecule has 0 aliphatic carbocycles. The number of fused-ring (bicyclic) bond motifs is 1. The number of nitrogens with zero attached hydrogens (tertiary/aromatic N) is 2. The van der Waals surface area contributed by atoms with Gasteiger partial charge in [-0.2, -0.15) is 0 Å². The van der Waals surface area contributed by atoms with Crippen molar-refractivity contribution < 1.29 is 4.39 Å². The van der Waals surface area contributed by atoms with Gasteiger partial charge in [-0.3, -0.25) is 9.36 Å². The van der Waals surface area contributed by atoms with Crippen LogP contribution in [0.5, 0.6) is 0 Å². The highest BCUT2D eigenvalue weighted by Crippen LogP contribution is 2.23. The first kappa shape index (κ1) is 16.2. The van der Waals surface area contributed by atoms with Crippen molar-refractivity contribution in [1.29, 1.82) is 0 Å². The number of thioether (sulfide) groups is 1. The van der Waals surface area contributed by atoms with Crippen LogP contribution in [0, 0.1) is 5.82 Å². The van der Waals surface area contributed by atoms with Crippen molar-refractivity contribution in [3.63, 3.8) is 0 Å². The number of rotatable bonds is 6. The summed E-state index contributed by atoms with van der Waals surface area (Å²) in [5, 5.41) is 2.53. The van der Waals surface area contributed by atoms with E-state index in [0.29, 0.717) is 15.4 Å². The summed E-state index contributed by atoms with van der Waals surface area (Å²) in [7, 11) is 0. The number of halogens is 1. The predicted molar refractivity (Wildman–Crippen MR) is 95.0 cm³/mol. The topological polar surface area (TPSA) is 34.9 Å². The average molecular weight is 348 g/mol. The van der Waals surface area contributed by atoms with Crippen LogP contribution in [0.4, 0.5) is 4.39 Å². The quantitative estimate of drug-likeness (QED) is 0.373. The number of unbranched alkanes of at least 4 members (excludes halogenated alkanes) is 1. The Kier molecular flexibility index (Phi) is 5.13. The van der Waals surface area contributed by atoms with Gasteiger partial charge in [-0.1, -0.05) is 43.3 Å². The predicted octanol–water partition coefficient (Wildman–Crippen LogP) is 4.54. The summed E-state index contributed by atoms with van der Waals surface area (Å²) in [4.78, 5) is 17.4. The molecule has 2 heterocycles. The third-order valence-corrected chi connectivity index (χ3v) is 5.50. The molecule has 0 saturated carbocycles. The summed E-state index contributed by atoms with van der Waals surface area (Å²) in [6, 6.07) is 8.42. The molecule has 6 heteroatoms. The van der Waals surface area contributed by atoms with Crippen molar-refractivity contribution in [2.45, 2.75) is 31.5 Å². The zero-order valence-corrected chi connectivity index (χ0v) is 14.4. The van der Waals surface area contributed by atoms with Gasteiger partial charge in [-0.05, 0) is 23.9 Å². The van der Waals surface area contributed by atoms with E-state index in [9.17, 15) is 9.18 Å². The lowest BCUT2D eigenvalue weighted by Gasteiger charge is -2.12. The Balaban J connectivity index is 2.05. The fourth-order valence-electron chi connectivity index (χ4n) is 2.28. The maximum absolute atomic E-state index is 14.0. The first-order valence-corrected chi connectivity index (χ1v) is 9.41. The molecule has 0 spiro atoms. The molecule has 0 aliphatic rings. The molecule has 0 unspecified atom stereocenters.